The van der Waals surface area contributed by atoms with Gasteiger partial charge < -0.3 is 10.4 Å². The maximum absolute atomic E-state index is 11.5. The van der Waals surface area contributed by atoms with Crippen molar-refractivity contribution in [3.8, 4) is 0 Å². The molecule has 0 aliphatic carbocycles. The van der Waals surface area contributed by atoms with E-state index in [1.54, 1.807) is 6.92 Å². The third-order valence-corrected chi connectivity index (χ3v) is 3.83. The molecule has 1 heterocycles. The predicted molar refractivity (Wildman–Crippen MR) is 55.1 cm³/mol. The lowest BCUT2D eigenvalue weighted by Crippen LogP contribution is -2.58. The molecule has 2 N–H and O–H groups in total. The van der Waals surface area contributed by atoms with E-state index >= 15 is 0 Å². The average Bonchev–Trinajstić information content (AvgIpc) is 1.99. The van der Waals surface area contributed by atoms with Crippen molar-refractivity contribution in [1.82, 2.24) is 9.62 Å². The first-order valence-electron chi connectivity index (χ1n) is 4.73. The Balaban J connectivity index is 2.87. The number of aliphatic carboxylic acids is 1. The third-order valence-electron chi connectivity index (χ3n) is 2.41. The maximum Gasteiger partial charge on any atom is 0.305 e. The second-order valence-corrected chi connectivity index (χ2v) is 5.74. The van der Waals surface area contributed by atoms with Crippen molar-refractivity contribution in [2.75, 3.05) is 19.3 Å². The van der Waals surface area contributed by atoms with Crippen LogP contribution >= 0.6 is 0 Å². The molecule has 15 heavy (non-hydrogen) atoms. The largest absolute Gasteiger partial charge is 0.481 e. The molecule has 0 radical (unpaired) electrons. The van der Waals surface area contributed by atoms with Crippen LogP contribution in [0.3, 0.4) is 0 Å². The summed E-state index contributed by atoms with van der Waals surface area (Å²) in [6, 6.07) is -0.681. The van der Waals surface area contributed by atoms with Crippen LogP contribution in [0.1, 0.15) is 13.3 Å². The summed E-state index contributed by atoms with van der Waals surface area (Å²) in [7, 11) is -3.34. The highest BCUT2D eigenvalue weighted by Gasteiger charge is 2.35. The molecule has 2 atom stereocenters. The van der Waals surface area contributed by atoms with Gasteiger partial charge in [-0.05, 0) is 6.92 Å². The third kappa shape index (κ3) is 3.15. The highest BCUT2D eigenvalue weighted by Crippen LogP contribution is 2.16. The molecule has 0 aromatic heterocycles. The van der Waals surface area contributed by atoms with Crippen LogP contribution in [0.2, 0.25) is 0 Å². The Morgan fingerprint density at radius 3 is 2.60 bits per heavy atom. The first-order chi connectivity index (χ1) is 6.82. The molecule has 6 nitrogen and oxygen atoms in total. The van der Waals surface area contributed by atoms with Gasteiger partial charge in [-0.3, -0.25) is 4.79 Å². The molecular weight excluding hydrogens is 220 g/mol. The van der Waals surface area contributed by atoms with Crippen LogP contribution in [0.25, 0.3) is 0 Å². The zero-order valence-electron chi connectivity index (χ0n) is 8.80. The van der Waals surface area contributed by atoms with E-state index in [0.29, 0.717) is 13.1 Å². The molecule has 0 amide bonds. The van der Waals surface area contributed by atoms with Crippen LogP contribution in [-0.2, 0) is 14.8 Å². The quantitative estimate of drug-likeness (QED) is 0.662. The highest BCUT2D eigenvalue weighted by atomic mass is 32.2. The van der Waals surface area contributed by atoms with Crippen LogP contribution in [0.4, 0.5) is 0 Å². The van der Waals surface area contributed by atoms with Crippen molar-refractivity contribution in [2.45, 2.75) is 25.4 Å². The lowest BCUT2D eigenvalue weighted by atomic mass is 10.1. The number of hydrogen-bond donors (Lipinski definition) is 2. The van der Waals surface area contributed by atoms with Gasteiger partial charge in [0.2, 0.25) is 10.0 Å². The van der Waals surface area contributed by atoms with Gasteiger partial charge in [-0.25, -0.2) is 8.42 Å². The molecule has 1 aliphatic heterocycles. The fourth-order valence-corrected chi connectivity index (χ4v) is 3.38. The summed E-state index contributed by atoms with van der Waals surface area (Å²) >= 11 is 0. The molecule has 0 unspecified atom stereocenters. The smallest absolute Gasteiger partial charge is 0.305 e. The number of rotatable bonds is 3. The minimum absolute atomic E-state index is 0.162. The van der Waals surface area contributed by atoms with E-state index in [-0.39, 0.29) is 12.5 Å². The van der Waals surface area contributed by atoms with Gasteiger partial charge in [-0.15, -0.1) is 0 Å². The SMILES string of the molecule is C[C@H]1CNC[C@@H](CC(=O)O)N1S(C)(=O)=O. The van der Waals surface area contributed by atoms with Gasteiger partial charge in [0.15, 0.2) is 0 Å². The Morgan fingerprint density at radius 2 is 2.13 bits per heavy atom. The van der Waals surface area contributed by atoms with Gasteiger partial charge in [0.05, 0.1) is 12.7 Å². The van der Waals surface area contributed by atoms with Crippen molar-refractivity contribution < 1.29 is 18.3 Å². The fourth-order valence-electron chi connectivity index (χ4n) is 1.96. The standard InChI is InChI=1S/C8H16N2O4S/c1-6-4-9-5-7(3-8(11)12)10(6)15(2,13)14/h6-7,9H,3-5H2,1-2H3,(H,11,12)/t6-,7+/m0/s1. The van der Waals surface area contributed by atoms with Crippen LogP contribution in [0, 0.1) is 0 Å². The minimum atomic E-state index is -3.34. The molecule has 0 spiro atoms. The van der Waals surface area contributed by atoms with Gasteiger partial charge >= 0.3 is 5.97 Å². The second kappa shape index (κ2) is 4.46. The van der Waals surface area contributed by atoms with Crippen LogP contribution in [-0.4, -0.2) is 55.2 Å². The van der Waals surface area contributed by atoms with Crippen molar-refractivity contribution in [1.29, 1.82) is 0 Å². The minimum Gasteiger partial charge on any atom is -0.481 e. The van der Waals surface area contributed by atoms with E-state index in [4.69, 9.17) is 5.11 Å². The van der Waals surface area contributed by atoms with Crippen LogP contribution < -0.4 is 5.32 Å². The molecule has 7 heteroatoms. The van der Waals surface area contributed by atoms with Gasteiger partial charge in [-0.1, -0.05) is 0 Å². The van der Waals surface area contributed by atoms with Gasteiger partial charge in [-0.2, -0.15) is 4.31 Å². The summed E-state index contributed by atoms with van der Waals surface area (Å²) in [6.07, 6.45) is 0.952. The summed E-state index contributed by atoms with van der Waals surface area (Å²) in [5.41, 5.74) is 0. The summed E-state index contributed by atoms with van der Waals surface area (Å²) in [5.74, 6) is -0.982. The van der Waals surface area contributed by atoms with Gasteiger partial charge in [0.25, 0.3) is 0 Å². The number of carboxylic acids is 1. The Bertz CT molecular complexity index is 341. The Hall–Kier alpha value is -0.660. The van der Waals surface area contributed by atoms with Crippen LogP contribution in [0.5, 0.6) is 0 Å². The molecule has 1 aliphatic rings. The molecule has 1 saturated heterocycles. The Labute approximate surface area is 89.3 Å². The van der Waals surface area contributed by atoms with Crippen LogP contribution in [0.15, 0.2) is 0 Å². The Kier molecular flexibility index (Phi) is 3.69. The van der Waals surface area contributed by atoms with Crippen molar-refractivity contribution in [2.24, 2.45) is 0 Å². The first-order valence-corrected chi connectivity index (χ1v) is 6.58. The lowest BCUT2D eigenvalue weighted by Gasteiger charge is -2.38. The number of nitrogens with one attached hydrogen (secondary N) is 1. The van der Waals surface area contributed by atoms with E-state index < -0.39 is 22.0 Å². The zero-order chi connectivity index (χ0) is 11.6. The molecule has 0 aromatic carbocycles. The molecular formula is C8H16N2O4S. The molecule has 88 valence electrons. The zero-order valence-corrected chi connectivity index (χ0v) is 9.62. The molecule has 0 bridgehead atoms. The number of carbonyl (C=O) groups is 1. The number of carboxylic acid groups (broad SMARTS) is 1. The predicted octanol–water partition coefficient (Wildman–Crippen LogP) is -0.917. The maximum atomic E-state index is 11.5. The van der Waals surface area contributed by atoms with Crippen molar-refractivity contribution in [3.05, 3.63) is 0 Å². The second-order valence-electron chi connectivity index (χ2n) is 3.85. The van der Waals surface area contributed by atoms with Gasteiger partial charge in [0.1, 0.15) is 0 Å². The van der Waals surface area contributed by atoms with Crippen molar-refractivity contribution >= 4 is 16.0 Å². The number of sulfonamides is 1. The summed E-state index contributed by atoms with van der Waals surface area (Å²) in [6.45, 7) is 2.72. The number of piperazine rings is 1. The van der Waals surface area contributed by atoms with Gasteiger partial charge in [0, 0.05) is 25.2 Å². The van der Waals surface area contributed by atoms with E-state index in [9.17, 15) is 13.2 Å². The molecule has 0 saturated carbocycles. The summed E-state index contributed by atoms with van der Waals surface area (Å²) in [5, 5.41) is 11.7. The molecule has 0 aromatic rings. The van der Waals surface area contributed by atoms with E-state index in [1.807, 2.05) is 0 Å². The normalized spacial score (nSPS) is 28.9. The monoisotopic (exact) mass is 236 g/mol. The highest BCUT2D eigenvalue weighted by molar-refractivity contribution is 7.88. The summed E-state index contributed by atoms with van der Waals surface area (Å²) in [4.78, 5) is 10.6. The first kappa shape index (κ1) is 12.4. The van der Waals surface area contributed by atoms with E-state index in [0.717, 1.165) is 6.26 Å². The Morgan fingerprint density at radius 1 is 1.53 bits per heavy atom. The topological polar surface area (TPSA) is 86.7 Å². The molecule has 1 fully saturated rings. The average molecular weight is 236 g/mol. The van der Waals surface area contributed by atoms with E-state index in [1.165, 1.54) is 4.31 Å². The number of hydrogen-bond acceptors (Lipinski definition) is 4. The fraction of sp³-hybridized carbons (Fsp3) is 0.875. The van der Waals surface area contributed by atoms with Crippen molar-refractivity contribution in [3.63, 3.8) is 0 Å². The lowest BCUT2D eigenvalue weighted by molar-refractivity contribution is -0.138. The molecule has 1 rings (SSSR count). The number of nitrogens with zero attached hydrogens (tertiary/aromatic N) is 1. The van der Waals surface area contributed by atoms with E-state index in [2.05, 4.69) is 5.32 Å². The summed E-state index contributed by atoms with van der Waals surface area (Å²) < 4.78 is 24.3.